The predicted octanol–water partition coefficient (Wildman–Crippen LogP) is 3.74. The van der Waals surface area contributed by atoms with Crippen molar-refractivity contribution in [2.24, 2.45) is 0 Å². The Morgan fingerprint density at radius 2 is 2.20 bits per heavy atom. The van der Waals surface area contributed by atoms with Crippen molar-refractivity contribution in [3.63, 3.8) is 0 Å². The van der Waals surface area contributed by atoms with Crippen molar-refractivity contribution < 1.29 is 14.5 Å². The Morgan fingerprint density at radius 1 is 1.48 bits per heavy atom. The number of halogens is 1. The van der Waals surface area contributed by atoms with Gasteiger partial charge in [0.15, 0.2) is 0 Å². The molecule has 0 radical (unpaired) electrons. The molecule has 25 heavy (non-hydrogen) atoms. The number of alkyl carbamates (subject to hydrolysis) is 1. The zero-order chi connectivity index (χ0) is 18.6. The van der Waals surface area contributed by atoms with E-state index in [1.807, 2.05) is 20.8 Å². The van der Waals surface area contributed by atoms with Gasteiger partial charge in [-0.1, -0.05) is 11.6 Å². The number of piperidine rings is 1. The molecule has 1 amide bonds. The molecular formula is C17H24ClN3O4. The second kappa shape index (κ2) is 8.01. The van der Waals surface area contributed by atoms with Crippen LogP contribution in [0.5, 0.6) is 0 Å². The number of benzene rings is 1. The first-order chi connectivity index (χ1) is 11.6. The summed E-state index contributed by atoms with van der Waals surface area (Å²) in [6, 6.07) is 4.44. The Labute approximate surface area is 152 Å². The SMILES string of the molecule is CC(C)(C)OC(=O)N[C@H]1CCCN(Cc2cc([N+](=O)[O-])ccc2Cl)C1. The fourth-order valence-corrected chi connectivity index (χ4v) is 3.01. The van der Waals surface area contributed by atoms with Gasteiger partial charge in [0.2, 0.25) is 0 Å². The quantitative estimate of drug-likeness (QED) is 0.645. The van der Waals surface area contributed by atoms with E-state index in [1.165, 1.54) is 12.1 Å². The number of nitro groups is 1. The van der Waals surface area contributed by atoms with E-state index >= 15 is 0 Å². The third kappa shape index (κ3) is 6.17. The summed E-state index contributed by atoms with van der Waals surface area (Å²) in [6.07, 6.45) is 1.37. The molecule has 1 aliphatic heterocycles. The molecule has 1 fully saturated rings. The monoisotopic (exact) mass is 369 g/mol. The maximum atomic E-state index is 11.9. The summed E-state index contributed by atoms with van der Waals surface area (Å²) in [5, 5.41) is 14.3. The van der Waals surface area contributed by atoms with E-state index in [9.17, 15) is 14.9 Å². The van der Waals surface area contributed by atoms with Crippen molar-refractivity contribution in [1.29, 1.82) is 0 Å². The number of ether oxygens (including phenoxy) is 1. The lowest BCUT2D eigenvalue weighted by atomic mass is 10.0. The maximum Gasteiger partial charge on any atom is 0.407 e. The molecule has 1 aromatic rings. The number of likely N-dealkylation sites (tertiary alicyclic amines) is 1. The van der Waals surface area contributed by atoms with Crippen LogP contribution in [0.4, 0.5) is 10.5 Å². The summed E-state index contributed by atoms with van der Waals surface area (Å²) in [5.74, 6) is 0. The average molecular weight is 370 g/mol. The Morgan fingerprint density at radius 3 is 2.84 bits per heavy atom. The van der Waals surface area contributed by atoms with E-state index in [1.54, 1.807) is 6.07 Å². The summed E-state index contributed by atoms with van der Waals surface area (Å²) >= 11 is 6.17. The third-order valence-electron chi connectivity index (χ3n) is 3.86. The molecule has 0 spiro atoms. The predicted molar refractivity (Wildman–Crippen MR) is 95.8 cm³/mol. The number of nitro benzene ring substituents is 1. The van der Waals surface area contributed by atoms with Crippen LogP contribution in [0.15, 0.2) is 18.2 Å². The van der Waals surface area contributed by atoms with Crippen LogP contribution < -0.4 is 5.32 Å². The first kappa shape index (κ1) is 19.5. The van der Waals surface area contributed by atoms with Gasteiger partial charge in [0.1, 0.15) is 5.60 Å². The smallest absolute Gasteiger partial charge is 0.407 e. The molecule has 8 heteroatoms. The van der Waals surface area contributed by atoms with Crippen LogP contribution in [0.1, 0.15) is 39.2 Å². The van der Waals surface area contributed by atoms with Crippen LogP contribution >= 0.6 is 11.6 Å². The number of carbonyl (C=O) groups excluding carboxylic acids is 1. The molecular weight excluding hydrogens is 346 g/mol. The second-order valence-corrected chi connectivity index (χ2v) is 7.66. The highest BCUT2D eigenvalue weighted by Gasteiger charge is 2.25. The van der Waals surface area contributed by atoms with Crippen molar-refractivity contribution in [3.05, 3.63) is 38.9 Å². The number of nitrogens with one attached hydrogen (secondary N) is 1. The van der Waals surface area contributed by atoms with Crippen LogP contribution in [-0.4, -0.2) is 40.6 Å². The zero-order valence-corrected chi connectivity index (χ0v) is 15.5. The topological polar surface area (TPSA) is 84.7 Å². The molecule has 1 saturated heterocycles. The third-order valence-corrected chi connectivity index (χ3v) is 4.23. The van der Waals surface area contributed by atoms with Crippen molar-refractivity contribution in [1.82, 2.24) is 10.2 Å². The molecule has 1 aliphatic rings. The molecule has 1 heterocycles. The van der Waals surface area contributed by atoms with E-state index in [4.69, 9.17) is 16.3 Å². The van der Waals surface area contributed by atoms with Crippen LogP contribution in [0, 0.1) is 10.1 Å². The number of amides is 1. The van der Waals surface area contributed by atoms with E-state index in [0.29, 0.717) is 23.7 Å². The van der Waals surface area contributed by atoms with Gasteiger partial charge in [0.25, 0.3) is 5.69 Å². The standard InChI is InChI=1S/C17H24ClN3O4/c1-17(2,3)25-16(22)19-13-5-4-8-20(11-13)10-12-9-14(21(23)24)6-7-15(12)18/h6-7,9,13H,4-5,8,10-11H2,1-3H3,(H,19,22)/t13-/m0/s1. The minimum atomic E-state index is -0.533. The van der Waals surface area contributed by atoms with Gasteiger partial charge in [0.05, 0.1) is 4.92 Å². The molecule has 1 aromatic carbocycles. The summed E-state index contributed by atoms with van der Waals surface area (Å²) in [6.45, 7) is 7.48. The van der Waals surface area contributed by atoms with Gasteiger partial charge in [-0.3, -0.25) is 15.0 Å². The van der Waals surface area contributed by atoms with E-state index in [2.05, 4.69) is 10.2 Å². The fraction of sp³-hybridized carbons (Fsp3) is 0.588. The van der Waals surface area contributed by atoms with Crippen molar-refractivity contribution >= 4 is 23.4 Å². The van der Waals surface area contributed by atoms with Crippen molar-refractivity contribution in [2.45, 2.75) is 51.8 Å². The summed E-state index contributed by atoms with van der Waals surface area (Å²) in [4.78, 5) is 24.6. The van der Waals surface area contributed by atoms with Crippen LogP contribution in [0.25, 0.3) is 0 Å². The number of hydrogen-bond acceptors (Lipinski definition) is 5. The average Bonchev–Trinajstić information content (AvgIpc) is 2.47. The highest BCUT2D eigenvalue weighted by molar-refractivity contribution is 6.31. The molecule has 2 rings (SSSR count). The van der Waals surface area contributed by atoms with Crippen LogP contribution in [0.2, 0.25) is 5.02 Å². The van der Waals surface area contributed by atoms with Crippen LogP contribution in [-0.2, 0) is 11.3 Å². The zero-order valence-electron chi connectivity index (χ0n) is 14.8. The van der Waals surface area contributed by atoms with Gasteiger partial charge < -0.3 is 10.1 Å². The minimum Gasteiger partial charge on any atom is -0.444 e. The first-order valence-corrected chi connectivity index (χ1v) is 8.66. The maximum absolute atomic E-state index is 11.9. The highest BCUT2D eigenvalue weighted by Crippen LogP contribution is 2.24. The molecule has 0 aliphatic carbocycles. The van der Waals surface area contributed by atoms with E-state index in [0.717, 1.165) is 19.4 Å². The number of non-ortho nitro benzene ring substituents is 1. The Kier molecular flexibility index (Phi) is 6.24. The fourth-order valence-electron chi connectivity index (χ4n) is 2.83. The molecule has 138 valence electrons. The number of carbonyl (C=O) groups is 1. The molecule has 7 nitrogen and oxygen atoms in total. The molecule has 0 saturated carbocycles. The summed E-state index contributed by atoms with van der Waals surface area (Å²) < 4.78 is 5.29. The van der Waals surface area contributed by atoms with Gasteiger partial charge in [-0.15, -0.1) is 0 Å². The summed E-state index contributed by atoms with van der Waals surface area (Å²) in [7, 11) is 0. The highest BCUT2D eigenvalue weighted by atomic mass is 35.5. The molecule has 0 bridgehead atoms. The van der Waals surface area contributed by atoms with Crippen molar-refractivity contribution in [3.8, 4) is 0 Å². The largest absolute Gasteiger partial charge is 0.444 e. The lowest BCUT2D eigenvalue weighted by Gasteiger charge is -2.33. The van der Waals surface area contributed by atoms with E-state index in [-0.39, 0.29) is 11.7 Å². The Bertz CT molecular complexity index is 645. The van der Waals surface area contributed by atoms with Gasteiger partial charge in [-0.25, -0.2) is 4.79 Å². The van der Waals surface area contributed by atoms with E-state index < -0.39 is 16.6 Å². The van der Waals surface area contributed by atoms with Gasteiger partial charge >= 0.3 is 6.09 Å². The second-order valence-electron chi connectivity index (χ2n) is 7.25. The lowest BCUT2D eigenvalue weighted by Crippen LogP contribution is -2.48. The van der Waals surface area contributed by atoms with Gasteiger partial charge in [-0.05, 0) is 51.8 Å². The Balaban J connectivity index is 1.96. The summed E-state index contributed by atoms with van der Waals surface area (Å²) in [5.41, 5.74) is 0.211. The molecule has 0 unspecified atom stereocenters. The number of rotatable bonds is 4. The van der Waals surface area contributed by atoms with Gasteiger partial charge in [0, 0.05) is 36.3 Å². The normalized spacial score (nSPS) is 18.6. The lowest BCUT2D eigenvalue weighted by molar-refractivity contribution is -0.384. The number of hydrogen-bond donors (Lipinski definition) is 1. The van der Waals surface area contributed by atoms with Crippen LogP contribution in [0.3, 0.4) is 0 Å². The molecule has 1 atom stereocenters. The van der Waals surface area contributed by atoms with Crippen molar-refractivity contribution in [2.75, 3.05) is 13.1 Å². The number of nitrogens with zero attached hydrogens (tertiary/aromatic N) is 2. The Hall–Kier alpha value is -1.86. The molecule has 0 aromatic heterocycles. The van der Waals surface area contributed by atoms with Gasteiger partial charge in [-0.2, -0.15) is 0 Å². The minimum absolute atomic E-state index is 0.0129. The first-order valence-electron chi connectivity index (χ1n) is 8.29. The molecule has 1 N–H and O–H groups in total.